The van der Waals surface area contributed by atoms with Gasteiger partial charge in [-0.3, -0.25) is 19.1 Å². The second-order valence-electron chi connectivity index (χ2n) is 8.53. The first-order chi connectivity index (χ1) is 16.0. The smallest absolute Gasteiger partial charge is 0.325 e. The van der Waals surface area contributed by atoms with Crippen LogP contribution in [0, 0.1) is 0 Å². The van der Waals surface area contributed by atoms with E-state index in [0.717, 1.165) is 37.6 Å². The van der Waals surface area contributed by atoms with E-state index in [1.54, 1.807) is 12.4 Å². The Hall–Kier alpha value is -3.85. The van der Waals surface area contributed by atoms with Crippen molar-refractivity contribution in [2.45, 2.75) is 19.9 Å². The monoisotopic (exact) mass is 445 g/mol. The fraction of sp³-hybridized carbons (Fsp3) is 0.292. The summed E-state index contributed by atoms with van der Waals surface area (Å²) >= 11 is 0. The van der Waals surface area contributed by atoms with Crippen molar-refractivity contribution < 1.29 is 0 Å². The first-order valence-corrected chi connectivity index (χ1v) is 11.1. The van der Waals surface area contributed by atoms with Crippen molar-refractivity contribution in [2.24, 2.45) is 0 Å². The zero-order chi connectivity index (χ0) is 22.9. The number of H-pyrrole nitrogens is 2. The third kappa shape index (κ3) is 4.14. The van der Waals surface area contributed by atoms with E-state index in [1.165, 1.54) is 11.9 Å². The van der Waals surface area contributed by atoms with Gasteiger partial charge < -0.3 is 15.2 Å². The predicted molar refractivity (Wildman–Crippen MR) is 131 cm³/mol. The molecule has 33 heavy (non-hydrogen) atoms. The minimum absolute atomic E-state index is 0.367. The summed E-state index contributed by atoms with van der Waals surface area (Å²) in [5.74, 6) is 0. The van der Waals surface area contributed by atoms with E-state index >= 15 is 0 Å². The molecule has 0 saturated carbocycles. The Morgan fingerprint density at radius 1 is 1.00 bits per heavy atom. The molecule has 0 aliphatic carbocycles. The van der Waals surface area contributed by atoms with Gasteiger partial charge >= 0.3 is 5.69 Å². The van der Waals surface area contributed by atoms with E-state index < -0.39 is 11.2 Å². The summed E-state index contributed by atoms with van der Waals surface area (Å²) in [7, 11) is 0. The highest BCUT2D eigenvalue weighted by Gasteiger charge is 2.19. The van der Waals surface area contributed by atoms with Crippen LogP contribution in [0.15, 0.2) is 64.6 Å². The van der Waals surface area contributed by atoms with Crippen LogP contribution in [0.3, 0.4) is 0 Å². The van der Waals surface area contributed by atoms with E-state index in [2.05, 4.69) is 68.2 Å². The molecular weight excluding hydrogens is 418 g/mol. The minimum atomic E-state index is -0.533. The van der Waals surface area contributed by atoms with Gasteiger partial charge in [0.25, 0.3) is 5.56 Å². The summed E-state index contributed by atoms with van der Waals surface area (Å²) < 4.78 is 1.83. The number of hydrogen-bond acceptors (Lipinski definition) is 6. The molecule has 170 valence electrons. The second-order valence-corrected chi connectivity index (χ2v) is 8.53. The lowest BCUT2D eigenvalue weighted by Crippen LogP contribution is -2.48. The summed E-state index contributed by atoms with van der Waals surface area (Å²) in [6.45, 7) is 8.73. The number of fused-ring (bicyclic) bond motifs is 1. The number of piperazine rings is 1. The van der Waals surface area contributed by atoms with Crippen molar-refractivity contribution in [3.05, 3.63) is 75.8 Å². The van der Waals surface area contributed by atoms with Crippen molar-refractivity contribution in [1.82, 2.24) is 24.3 Å². The maximum absolute atomic E-state index is 12.3. The standard InChI is InChI=1S/C24H27N7O2/c1-16(2)29-11-13-30(14-12-29)18-5-3-17(4-6-18)27-20-7-8-21(31-10-9-25-22(20)31)19-15-26-24(33)28-23(19)32/h3-10,15-16,27H,11-14H2,1-2H3,(H2,26,28,32,33). The topological polar surface area (TPSA) is 102 Å². The predicted octanol–water partition coefficient (Wildman–Crippen LogP) is 2.65. The second kappa shape index (κ2) is 8.59. The molecule has 0 bridgehead atoms. The fourth-order valence-electron chi connectivity index (χ4n) is 4.34. The summed E-state index contributed by atoms with van der Waals surface area (Å²) in [4.78, 5) is 37.8. The minimum Gasteiger partial charge on any atom is -0.369 e. The van der Waals surface area contributed by atoms with Crippen LogP contribution < -0.4 is 21.5 Å². The number of aromatic amines is 2. The van der Waals surface area contributed by atoms with Gasteiger partial charge in [-0.25, -0.2) is 9.78 Å². The highest BCUT2D eigenvalue weighted by atomic mass is 16.2. The SMILES string of the molecule is CC(C)N1CCN(c2ccc(Nc3ccc(-c4c[nH]c(=O)[nH]c4=O)n4ccnc34)cc2)CC1. The van der Waals surface area contributed by atoms with Crippen LogP contribution in [0.5, 0.6) is 0 Å². The normalized spacial score (nSPS) is 14.8. The third-order valence-corrected chi connectivity index (χ3v) is 6.20. The third-order valence-electron chi connectivity index (χ3n) is 6.20. The van der Waals surface area contributed by atoms with Crippen LogP contribution in [-0.4, -0.2) is 56.5 Å². The van der Waals surface area contributed by atoms with Gasteiger partial charge in [-0.1, -0.05) is 0 Å². The molecule has 1 aromatic carbocycles. The van der Waals surface area contributed by atoms with Gasteiger partial charge in [0.2, 0.25) is 0 Å². The van der Waals surface area contributed by atoms with Crippen molar-refractivity contribution in [3.63, 3.8) is 0 Å². The Balaban J connectivity index is 1.36. The molecule has 1 aliphatic heterocycles. The summed E-state index contributed by atoms with van der Waals surface area (Å²) in [6, 6.07) is 12.7. The Labute approximate surface area is 190 Å². The van der Waals surface area contributed by atoms with Gasteiger partial charge in [0.15, 0.2) is 5.65 Å². The largest absolute Gasteiger partial charge is 0.369 e. The number of rotatable bonds is 5. The van der Waals surface area contributed by atoms with E-state index in [4.69, 9.17) is 0 Å². The molecular formula is C24H27N7O2. The Morgan fingerprint density at radius 2 is 1.76 bits per heavy atom. The zero-order valence-electron chi connectivity index (χ0n) is 18.7. The van der Waals surface area contributed by atoms with E-state index in [-0.39, 0.29) is 0 Å². The number of nitrogens with zero attached hydrogens (tertiary/aromatic N) is 4. The maximum Gasteiger partial charge on any atom is 0.325 e. The molecule has 1 fully saturated rings. The molecule has 3 aromatic heterocycles. The highest BCUT2D eigenvalue weighted by molar-refractivity contribution is 5.78. The van der Waals surface area contributed by atoms with E-state index in [9.17, 15) is 9.59 Å². The van der Waals surface area contributed by atoms with Crippen LogP contribution in [0.25, 0.3) is 16.9 Å². The number of anilines is 3. The molecule has 4 aromatic rings. The van der Waals surface area contributed by atoms with Crippen molar-refractivity contribution in [2.75, 3.05) is 36.4 Å². The molecule has 0 atom stereocenters. The maximum atomic E-state index is 12.3. The van der Waals surface area contributed by atoms with Crippen LogP contribution >= 0.6 is 0 Å². The summed E-state index contributed by atoms with van der Waals surface area (Å²) in [5.41, 5.74) is 3.72. The number of pyridine rings is 1. The number of hydrogen-bond donors (Lipinski definition) is 3. The van der Waals surface area contributed by atoms with Gasteiger partial charge in [0.05, 0.1) is 16.9 Å². The van der Waals surface area contributed by atoms with Gasteiger partial charge in [-0.2, -0.15) is 0 Å². The first kappa shape index (κ1) is 21.0. The average molecular weight is 446 g/mol. The number of imidazole rings is 1. The molecule has 9 heteroatoms. The molecule has 9 nitrogen and oxygen atoms in total. The van der Waals surface area contributed by atoms with Crippen LogP contribution in [0.2, 0.25) is 0 Å². The number of benzene rings is 1. The van der Waals surface area contributed by atoms with E-state index in [0.29, 0.717) is 22.9 Å². The molecule has 0 radical (unpaired) electrons. The summed E-state index contributed by atoms with van der Waals surface area (Å²) in [5, 5.41) is 3.43. The van der Waals surface area contributed by atoms with E-state index in [1.807, 2.05) is 16.5 Å². The zero-order valence-corrected chi connectivity index (χ0v) is 18.7. The van der Waals surface area contributed by atoms with Gasteiger partial charge in [0.1, 0.15) is 0 Å². The Kier molecular flexibility index (Phi) is 5.47. The Bertz CT molecular complexity index is 1380. The van der Waals surface area contributed by atoms with Crippen LogP contribution in [0.4, 0.5) is 17.1 Å². The number of nitrogens with one attached hydrogen (secondary N) is 3. The average Bonchev–Trinajstić information content (AvgIpc) is 3.31. The number of aromatic nitrogens is 4. The van der Waals surface area contributed by atoms with Crippen molar-refractivity contribution in [3.8, 4) is 11.3 Å². The quantitative estimate of drug-likeness (QED) is 0.437. The molecule has 0 unspecified atom stereocenters. The first-order valence-electron chi connectivity index (χ1n) is 11.1. The highest BCUT2D eigenvalue weighted by Crippen LogP contribution is 2.27. The molecule has 0 amide bonds. The molecule has 0 spiro atoms. The molecule has 1 aliphatic rings. The lowest BCUT2D eigenvalue weighted by Gasteiger charge is -2.38. The van der Waals surface area contributed by atoms with Gasteiger partial charge in [-0.15, -0.1) is 0 Å². The summed E-state index contributed by atoms with van der Waals surface area (Å²) in [6.07, 6.45) is 4.90. The van der Waals surface area contributed by atoms with Crippen molar-refractivity contribution in [1.29, 1.82) is 0 Å². The van der Waals surface area contributed by atoms with Gasteiger partial charge in [-0.05, 0) is 50.2 Å². The van der Waals surface area contributed by atoms with Crippen LogP contribution in [-0.2, 0) is 0 Å². The molecule has 5 rings (SSSR count). The fourth-order valence-corrected chi connectivity index (χ4v) is 4.34. The Morgan fingerprint density at radius 3 is 2.45 bits per heavy atom. The lowest BCUT2D eigenvalue weighted by atomic mass is 10.2. The molecule has 3 N–H and O–H groups in total. The lowest BCUT2D eigenvalue weighted by molar-refractivity contribution is 0.209. The van der Waals surface area contributed by atoms with Gasteiger partial charge in [0, 0.05) is 62.2 Å². The molecule has 4 heterocycles. The van der Waals surface area contributed by atoms with Crippen LogP contribution in [0.1, 0.15) is 13.8 Å². The molecule has 1 saturated heterocycles. The van der Waals surface area contributed by atoms with Crippen molar-refractivity contribution >= 4 is 22.7 Å².